The summed E-state index contributed by atoms with van der Waals surface area (Å²) < 4.78 is 5.64. The van der Waals surface area contributed by atoms with Gasteiger partial charge in [0.25, 0.3) is 0 Å². The SMILES string of the molecule is C[C@](N)(CO)C(=O)N1CC(Oc2ccc([C@@H]3C[C@@H]3B(O)O)c(O)c2C(=O)O)C1. The quantitative estimate of drug-likeness (QED) is 0.308. The van der Waals surface area contributed by atoms with Gasteiger partial charge in [-0.3, -0.25) is 4.79 Å². The number of aromatic carboxylic acids is 1. The minimum atomic E-state index is -1.53. The number of ether oxygens (including phenoxy) is 1. The average Bonchev–Trinajstić information content (AvgIpc) is 3.37. The molecule has 0 bridgehead atoms. The maximum absolute atomic E-state index is 12.1. The molecule has 1 aliphatic heterocycles. The van der Waals surface area contributed by atoms with Gasteiger partial charge in [0, 0.05) is 5.82 Å². The lowest BCUT2D eigenvalue weighted by molar-refractivity contribution is -0.146. The fraction of sp³-hybridized carbons (Fsp3) is 0.529. The van der Waals surface area contributed by atoms with Crippen LogP contribution < -0.4 is 10.5 Å². The van der Waals surface area contributed by atoms with E-state index in [0.29, 0.717) is 12.0 Å². The number of carbonyl (C=O) groups is 2. The van der Waals surface area contributed by atoms with Gasteiger partial charge in [0.2, 0.25) is 5.91 Å². The molecule has 2 fully saturated rings. The van der Waals surface area contributed by atoms with Gasteiger partial charge in [-0.25, -0.2) is 4.79 Å². The third-order valence-corrected chi connectivity index (χ3v) is 5.25. The van der Waals surface area contributed by atoms with Crippen molar-refractivity contribution in [3.8, 4) is 11.5 Å². The van der Waals surface area contributed by atoms with E-state index >= 15 is 0 Å². The number of nitrogens with zero attached hydrogens (tertiary/aromatic N) is 1. The molecule has 28 heavy (non-hydrogen) atoms. The number of aliphatic hydroxyl groups is 1. The van der Waals surface area contributed by atoms with Crippen LogP contribution in [-0.2, 0) is 4.79 Å². The van der Waals surface area contributed by atoms with E-state index in [2.05, 4.69) is 0 Å². The van der Waals surface area contributed by atoms with Crippen molar-refractivity contribution in [1.82, 2.24) is 4.90 Å². The van der Waals surface area contributed by atoms with Crippen LogP contribution in [0, 0.1) is 0 Å². The van der Waals surface area contributed by atoms with E-state index in [4.69, 9.17) is 15.6 Å². The van der Waals surface area contributed by atoms with Gasteiger partial charge in [-0.15, -0.1) is 0 Å². The third-order valence-electron chi connectivity index (χ3n) is 5.25. The molecule has 1 saturated carbocycles. The highest BCUT2D eigenvalue weighted by Crippen LogP contribution is 2.56. The van der Waals surface area contributed by atoms with E-state index < -0.39 is 54.4 Å². The van der Waals surface area contributed by atoms with Crippen LogP contribution in [0.3, 0.4) is 0 Å². The van der Waals surface area contributed by atoms with Crippen LogP contribution in [-0.4, -0.2) is 80.6 Å². The Labute approximate surface area is 161 Å². The van der Waals surface area contributed by atoms with Gasteiger partial charge in [0.1, 0.15) is 28.7 Å². The van der Waals surface area contributed by atoms with E-state index in [9.17, 15) is 29.9 Å². The molecule has 2 aliphatic rings. The van der Waals surface area contributed by atoms with Crippen LogP contribution in [0.15, 0.2) is 12.1 Å². The second kappa shape index (κ2) is 7.24. The summed E-state index contributed by atoms with van der Waals surface area (Å²) in [5.74, 6) is -3.08. The molecule has 1 aromatic rings. The number of hydrogen-bond donors (Lipinski definition) is 6. The summed E-state index contributed by atoms with van der Waals surface area (Å²) in [6.07, 6.45) is -0.0397. The number of likely N-dealkylation sites (tertiary alicyclic amines) is 1. The predicted octanol–water partition coefficient (Wildman–Crippen LogP) is -1.28. The lowest BCUT2D eigenvalue weighted by atomic mass is 9.81. The van der Waals surface area contributed by atoms with Crippen molar-refractivity contribution in [1.29, 1.82) is 0 Å². The third kappa shape index (κ3) is 3.66. The number of phenols is 1. The summed E-state index contributed by atoms with van der Waals surface area (Å²) in [6, 6.07) is 2.93. The molecule has 3 atom stereocenters. The fourth-order valence-electron chi connectivity index (χ4n) is 3.38. The van der Waals surface area contributed by atoms with E-state index in [1.807, 2.05) is 0 Å². The average molecular weight is 394 g/mol. The highest BCUT2D eigenvalue weighted by Gasteiger charge is 2.48. The van der Waals surface area contributed by atoms with Crippen LogP contribution in [0.4, 0.5) is 0 Å². The van der Waals surface area contributed by atoms with E-state index in [1.165, 1.54) is 24.0 Å². The van der Waals surface area contributed by atoms with Crippen molar-refractivity contribution in [3.63, 3.8) is 0 Å². The molecule has 3 rings (SSSR count). The van der Waals surface area contributed by atoms with Gasteiger partial charge in [0.15, 0.2) is 0 Å². The molecule has 10 nitrogen and oxygen atoms in total. The Bertz CT molecular complexity index is 794. The predicted molar refractivity (Wildman–Crippen MR) is 97.0 cm³/mol. The number of aliphatic hydroxyl groups excluding tert-OH is 1. The topological polar surface area (TPSA) is 174 Å². The number of hydrogen-bond acceptors (Lipinski definition) is 8. The number of nitrogens with two attached hydrogens (primary N) is 1. The summed E-state index contributed by atoms with van der Waals surface area (Å²) in [6.45, 7) is 1.26. The molecule has 11 heteroatoms. The monoisotopic (exact) mass is 394 g/mol. The standard InChI is InChI=1S/C17H23BN2O8/c1-17(19,7-21)16(25)20-5-8(6-20)28-12-3-2-9(10-4-11(10)18(26)27)14(22)13(12)15(23)24/h2-3,8,10-11,21-22,26-27H,4-7,19H2,1H3,(H,23,24)/t10-,11-,17-/m0/s1. The highest BCUT2D eigenvalue weighted by molar-refractivity contribution is 6.44. The highest BCUT2D eigenvalue weighted by atomic mass is 16.5. The number of carbonyl (C=O) groups excluding carboxylic acids is 1. The molecule has 1 heterocycles. The number of benzene rings is 1. The second-order valence-corrected chi connectivity index (χ2v) is 7.63. The number of carboxylic acid groups (broad SMARTS) is 1. The smallest absolute Gasteiger partial charge is 0.455 e. The van der Waals surface area contributed by atoms with Crippen molar-refractivity contribution in [2.75, 3.05) is 19.7 Å². The number of rotatable bonds is 7. The zero-order chi connectivity index (χ0) is 20.8. The minimum absolute atomic E-state index is 0.0368. The zero-order valence-corrected chi connectivity index (χ0v) is 15.3. The molecular formula is C17H23BN2O8. The van der Waals surface area contributed by atoms with Crippen LogP contribution >= 0.6 is 0 Å². The summed E-state index contributed by atoms with van der Waals surface area (Å²) in [7, 11) is -1.53. The molecule has 0 spiro atoms. The largest absolute Gasteiger partial charge is 0.507 e. The maximum Gasteiger partial charge on any atom is 0.455 e. The van der Waals surface area contributed by atoms with Crippen LogP contribution in [0.1, 0.15) is 35.2 Å². The van der Waals surface area contributed by atoms with Crippen molar-refractivity contribution in [3.05, 3.63) is 23.3 Å². The number of aromatic hydroxyl groups is 1. The Hall–Kier alpha value is -2.34. The Morgan fingerprint density at radius 3 is 2.50 bits per heavy atom. The molecule has 0 unspecified atom stereocenters. The van der Waals surface area contributed by atoms with Crippen molar-refractivity contribution >= 4 is 19.0 Å². The zero-order valence-electron chi connectivity index (χ0n) is 15.3. The first kappa shape index (κ1) is 20.4. The molecule has 1 saturated heterocycles. The molecule has 1 aromatic carbocycles. The molecule has 0 aromatic heterocycles. The number of amides is 1. The molecule has 7 N–H and O–H groups in total. The first-order valence-corrected chi connectivity index (χ1v) is 8.88. The van der Waals surface area contributed by atoms with E-state index in [-0.39, 0.29) is 24.8 Å². The van der Waals surface area contributed by atoms with Crippen LogP contribution in [0.25, 0.3) is 0 Å². The normalized spacial score (nSPS) is 23.5. The number of carboxylic acids is 1. The van der Waals surface area contributed by atoms with Crippen molar-refractivity contribution in [2.24, 2.45) is 5.73 Å². The Kier molecular flexibility index (Phi) is 5.28. The minimum Gasteiger partial charge on any atom is -0.507 e. The van der Waals surface area contributed by atoms with Gasteiger partial charge in [-0.2, -0.15) is 0 Å². The lowest BCUT2D eigenvalue weighted by Gasteiger charge is -2.42. The molecule has 1 aliphatic carbocycles. The maximum atomic E-state index is 12.1. The Morgan fingerprint density at radius 1 is 1.36 bits per heavy atom. The molecule has 152 valence electrons. The van der Waals surface area contributed by atoms with E-state index in [1.54, 1.807) is 0 Å². The Morgan fingerprint density at radius 2 is 2.00 bits per heavy atom. The molecular weight excluding hydrogens is 371 g/mol. The summed E-state index contributed by atoms with van der Waals surface area (Å²) in [5.41, 5.74) is 4.24. The first-order valence-electron chi connectivity index (χ1n) is 8.88. The summed E-state index contributed by atoms with van der Waals surface area (Å²) in [5, 5.41) is 47.5. The summed E-state index contributed by atoms with van der Waals surface area (Å²) in [4.78, 5) is 25.2. The molecule has 1 amide bonds. The molecule has 0 radical (unpaired) electrons. The van der Waals surface area contributed by atoms with Crippen LogP contribution in [0.2, 0.25) is 5.82 Å². The van der Waals surface area contributed by atoms with E-state index in [0.717, 1.165) is 0 Å². The van der Waals surface area contributed by atoms with Crippen molar-refractivity contribution < 1.29 is 39.7 Å². The fourth-order valence-corrected chi connectivity index (χ4v) is 3.38. The van der Waals surface area contributed by atoms with Crippen molar-refractivity contribution in [2.45, 2.75) is 36.7 Å². The Balaban J connectivity index is 1.71. The first-order chi connectivity index (χ1) is 13.1. The van der Waals surface area contributed by atoms with Gasteiger partial charge < -0.3 is 40.7 Å². The van der Waals surface area contributed by atoms with Gasteiger partial charge >= 0.3 is 13.1 Å². The van der Waals surface area contributed by atoms with Gasteiger partial charge in [-0.05, 0) is 30.9 Å². The van der Waals surface area contributed by atoms with Crippen LogP contribution in [0.5, 0.6) is 11.5 Å². The lowest BCUT2D eigenvalue weighted by Crippen LogP contribution is -2.64. The summed E-state index contributed by atoms with van der Waals surface area (Å²) >= 11 is 0. The van der Waals surface area contributed by atoms with Gasteiger partial charge in [0.05, 0.1) is 19.7 Å². The second-order valence-electron chi connectivity index (χ2n) is 7.63. The van der Waals surface area contributed by atoms with Gasteiger partial charge in [-0.1, -0.05) is 6.07 Å².